The lowest BCUT2D eigenvalue weighted by atomic mass is 10.4. The molecule has 0 aliphatic carbocycles. The van der Waals surface area contributed by atoms with E-state index in [0.29, 0.717) is 15.8 Å². The van der Waals surface area contributed by atoms with E-state index in [0.717, 1.165) is 0 Å². The van der Waals surface area contributed by atoms with Gasteiger partial charge in [-0.1, -0.05) is 0 Å². The highest BCUT2D eigenvalue weighted by atomic mass is 79.9. The average molecular weight is 300 g/mol. The zero-order valence-electron chi connectivity index (χ0n) is 9.05. The molecule has 0 bridgehead atoms. The first-order valence-corrected chi connectivity index (χ1v) is 5.78. The zero-order chi connectivity index (χ0) is 12.4. The van der Waals surface area contributed by atoms with Gasteiger partial charge in [0.15, 0.2) is 11.3 Å². The van der Waals surface area contributed by atoms with Crippen molar-refractivity contribution in [2.45, 2.75) is 13.5 Å². The zero-order valence-corrected chi connectivity index (χ0v) is 10.6. The summed E-state index contributed by atoms with van der Waals surface area (Å²) < 4.78 is 6.84. The summed E-state index contributed by atoms with van der Waals surface area (Å²) in [4.78, 5) is 15.8. The average Bonchev–Trinajstić information content (AvgIpc) is 2.66. The van der Waals surface area contributed by atoms with Crippen LogP contribution in [0, 0.1) is 0 Å². The summed E-state index contributed by atoms with van der Waals surface area (Å²) in [6, 6.07) is 1.52. The van der Waals surface area contributed by atoms with Gasteiger partial charge in [-0.3, -0.25) is 0 Å². The quantitative estimate of drug-likeness (QED) is 0.861. The molecule has 0 spiro atoms. The number of halogens is 1. The third-order valence-electron chi connectivity index (χ3n) is 2.16. The van der Waals surface area contributed by atoms with Gasteiger partial charge in [0.2, 0.25) is 0 Å². The number of hydrogen-bond acceptors (Lipinski definition) is 5. The molecule has 0 radical (unpaired) electrons. The molecule has 0 aliphatic rings. The van der Waals surface area contributed by atoms with Gasteiger partial charge in [0, 0.05) is 6.20 Å². The highest BCUT2D eigenvalue weighted by Crippen LogP contribution is 2.21. The molecule has 7 heteroatoms. The molecule has 2 aromatic rings. The van der Waals surface area contributed by atoms with E-state index in [1.807, 2.05) is 0 Å². The van der Waals surface area contributed by atoms with Crippen LogP contribution in [0.25, 0.3) is 5.65 Å². The Labute approximate surface area is 105 Å². The van der Waals surface area contributed by atoms with Crippen molar-refractivity contribution in [3.05, 3.63) is 28.1 Å². The number of aliphatic hydroxyl groups is 1. The summed E-state index contributed by atoms with van der Waals surface area (Å²) in [5.74, 6) is -0.473. The monoisotopic (exact) mass is 299 g/mol. The minimum atomic E-state index is -0.473. The first-order valence-electron chi connectivity index (χ1n) is 4.99. The Hall–Kier alpha value is -1.47. The minimum Gasteiger partial charge on any atom is -0.461 e. The molecule has 0 atom stereocenters. The molecular weight excluding hydrogens is 290 g/mol. The summed E-state index contributed by atoms with van der Waals surface area (Å²) in [5, 5.41) is 13.2. The molecule has 0 fully saturated rings. The van der Waals surface area contributed by atoms with E-state index < -0.39 is 5.97 Å². The molecule has 90 valence electrons. The molecule has 0 amide bonds. The van der Waals surface area contributed by atoms with Crippen molar-refractivity contribution < 1.29 is 14.6 Å². The maximum absolute atomic E-state index is 11.7. The highest BCUT2D eigenvalue weighted by molar-refractivity contribution is 9.10. The highest BCUT2D eigenvalue weighted by Gasteiger charge is 2.17. The van der Waals surface area contributed by atoms with Gasteiger partial charge in [-0.15, -0.1) is 0 Å². The molecule has 0 aromatic carbocycles. The van der Waals surface area contributed by atoms with Crippen molar-refractivity contribution >= 4 is 27.5 Å². The SMILES string of the molecule is CCOC(=O)c1ccnc2c(Br)c(CO)nn12. The molecule has 2 heterocycles. The number of aromatic nitrogens is 3. The van der Waals surface area contributed by atoms with Crippen molar-refractivity contribution in [3.63, 3.8) is 0 Å². The number of aliphatic hydroxyl groups excluding tert-OH is 1. The second-order valence-electron chi connectivity index (χ2n) is 3.20. The number of esters is 1. The molecule has 17 heavy (non-hydrogen) atoms. The first-order chi connectivity index (χ1) is 8.19. The molecule has 6 nitrogen and oxygen atoms in total. The maximum Gasteiger partial charge on any atom is 0.357 e. The summed E-state index contributed by atoms with van der Waals surface area (Å²) in [6.07, 6.45) is 1.50. The van der Waals surface area contributed by atoms with Gasteiger partial charge in [0.1, 0.15) is 5.69 Å². The topological polar surface area (TPSA) is 76.7 Å². The summed E-state index contributed by atoms with van der Waals surface area (Å²) in [7, 11) is 0. The molecule has 0 saturated carbocycles. The van der Waals surface area contributed by atoms with Crippen LogP contribution in [-0.2, 0) is 11.3 Å². The van der Waals surface area contributed by atoms with Gasteiger partial charge in [-0.05, 0) is 28.9 Å². The van der Waals surface area contributed by atoms with Crippen LogP contribution in [-0.4, -0.2) is 32.3 Å². The van der Waals surface area contributed by atoms with E-state index in [1.54, 1.807) is 6.92 Å². The standard InChI is InChI=1S/C10H10BrN3O3/c1-2-17-10(16)7-3-4-12-9-8(11)6(5-15)13-14(7)9/h3-4,15H,2,5H2,1H3. The lowest BCUT2D eigenvalue weighted by Crippen LogP contribution is -2.11. The van der Waals surface area contributed by atoms with E-state index >= 15 is 0 Å². The van der Waals surface area contributed by atoms with Crippen LogP contribution in [0.4, 0.5) is 0 Å². The van der Waals surface area contributed by atoms with Crippen LogP contribution in [0.5, 0.6) is 0 Å². The van der Waals surface area contributed by atoms with Gasteiger partial charge < -0.3 is 9.84 Å². The third kappa shape index (κ3) is 2.03. The largest absolute Gasteiger partial charge is 0.461 e. The molecule has 0 unspecified atom stereocenters. The lowest BCUT2D eigenvalue weighted by Gasteiger charge is -2.03. The Bertz CT molecular complexity index is 567. The number of ether oxygens (including phenoxy) is 1. The smallest absolute Gasteiger partial charge is 0.357 e. The van der Waals surface area contributed by atoms with Crippen molar-refractivity contribution in [1.29, 1.82) is 0 Å². The van der Waals surface area contributed by atoms with Crippen molar-refractivity contribution in [1.82, 2.24) is 14.6 Å². The van der Waals surface area contributed by atoms with E-state index in [2.05, 4.69) is 26.0 Å². The van der Waals surface area contributed by atoms with E-state index in [4.69, 9.17) is 9.84 Å². The van der Waals surface area contributed by atoms with Crippen LogP contribution in [0.2, 0.25) is 0 Å². The molecule has 0 aliphatic heterocycles. The van der Waals surface area contributed by atoms with Gasteiger partial charge in [0.25, 0.3) is 0 Å². The van der Waals surface area contributed by atoms with Gasteiger partial charge in [-0.2, -0.15) is 5.10 Å². The molecule has 2 aromatic heterocycles. The van der Waals surface area contributed by atoms with Crippen LogP contribution in [0.3, 0.4) is 0 Å². The Morgan fingerprint density at radius 3 is 3.06 bits per heavy atom. The van der Waals surface area contributed by atoms with Crippen molar-refractivity contribution in [2.75, 3.05) is 6.61 Å². The number of carbonyl (C=O) groups excluding carboxylic acids is 1. The Balaban J connectivity index is 2.61. The number of fused-ring (bicyclic) bond motifs is 1. The Kier molecular flexibility index (Phi) is 3.39. The fourth-order valence-electron chi connectivity index (χ4n) is 1.42. The van der Waals surface area contributed by atoms with Crippen LogP contribution in [0.1, 0.15) is 23.1 Å². The Morgan fingerprint density at radius 2 is 2.41 bits per heavy atom. The van der Waals surface area contributed by atoms with Crippen molar-refractivity contribution in [3.8, 4) is 0 Å². The van der Waals surface area contributed by atoms with Crippen molar-refractivity contribution in [2.24, 2.45) is 0 Å². The maximum atomic E-state index is 11.7. The predicted molar refractivity (Wildman–Crippen MR) is 62.6 cm³/mol. The minimum absolute atomic E-state index is 0.230. The lowest BCUT2D eigenvalue weighted by molar-refractivity contribution is 0.0516. The summed E-state index contributed by atoms with van der Waals surface area (Å²) in [6.45, 7) is 1.79. The normalized spacial score (nSPS) is 10.8. The first kappa shape index (κ1) is 12.0. The molecule has 0 saturated heterocycles. The Morgan fingerprint density at radius 1 is 1.65 bits per heavy atom. The van der Waals surface area contributed by atoms with E-state index in [-0.39, 0.29) is 18.9 Å². The van der Waals surface area contributed by atoms with Gasteiger partial charge in [-0.25, -0.2) is 14.3 Å². The van der Waals surface area contributed by atoms with Crippen LogP contribution in [0.15, 0.2) is 16.7 Å². The van der Waals surface area contributed by atoms with Gasteiger partial charge in [0.05, 0.1) is 17.7 Å². The third-order valence-corrected chi connectivity index (χ3v) is 2.98. The number of rotatable bonds is 3. The number of carbonyl (C=O) groups is 1. The number of hydrogen-bond donors (Lipinski definition) is 1. The fourth-order valence-corrected chi connectivity index (χ4v) is 1.90. The second-order valence-corrected chi connectivity index (χ2v) is 4.00. The predicted octanol–water partition coefficient (Wildman–Crippen LogP) is 1.16. The second kappa shape index (κ2) is 4.80. The van der Waals surface area contributed by atoms with E-state index in [1.165, 1.54) is 16.8 Å². The molecule has 2 rings (SSSR count). The number of nitrogens with zero attached hydrogens (tertiary/aromatic N) is 3. The molecule has 1 N–H and O–H groups in total. The molecular formula is C10H10BrN3O3. The van der Waals surface area contributed by atoms with Crippen LogP contribution >= 0.6 is 15.9 Å². The van der Waals surface area contributed by atoms with E-state index in [9.17, 15) is 4.79 Å². The van der Waals surface area contributed by atoms with Gasteiger partial charge >= 0.3 is 5.97 Å². The van der Waals surface area contributed by atoms with Crippen LogP contribution < -0.4 is 0 Å². The fraction of sp³-hybridized carbons (Fsp3) is 0.300. The summed E-state index contributed by atoms with van der Waals surface area (Å²) >= 11 is 3.28. The summed E-state index contributed by atoms with van der Waals surface area (Å²) in [5.41, 5.74) is 1.17.